The van der Waals surface area contributed by atoms with Gasteiger partial charge in [0.25, 0.3) is 11.8 Å². The van der Waals surface area contributed by atoms with Gasteiger partial charge < -0.3 is 10.2 Å². The minimum Gasteiger partial charge on any atom is -0.355 e. The molecule has 0 bridgehead atoms. The molecular weight excluding hydrogens is 353 g/mol. The quantitative estimate of drug-likeness (QED) is 0.843. The second-order valence-electron chi connectivity index (χ2n) is 6.40. The highest BCUT2D eigenvalue weighted by molar-refractivity contribution is 7.81. The van der Waals surface area contributed by atoms with Crippen molar-refractivity contribution in [3.63, 3.8) is 0 Å². The van der Waals surface area contributed by atoms with E-state index in [1.165, 1.54) is 24.1 Å². The Hall–Kier alpha value is -2.80. The molecule has 1 aliphatic heterocycles. The molecule has 0 atom stereocenters. The molecule has 0 spiro atoms. The van der Waals surface area contributed by atoms with Gasteiger partial charge in [0, 0.05) is 12.7 Å². The monoisotopic (exact) mass is 371 g/mol. The number of para-hydroxylation sites is 1. The zero-order valence-electron chi connectivity index (χ0n) is 14.6. The van der Waals surface area contributed by atoms with Crippen LogP contribution in [0.15, 0.2) is 48.5 Å². The number of hydrogen-bond acceptors (Lipinski definition) is 3. The van der Waals surface area contributed by atoms with Crippen LogP contribution < -0.4 is 15.1 Å². The lowest BCUT2D eigenvalue weighted by molar-refractivity contribution is -0.120. The fourth-order valence-corrected chi connectivity index (χ4v) is 3.52. The van der Waals surface area contributed by atoms with Crippen LogP contribution in [0.1, 0.15) is 24.2 Å². The van der Waals surface area contributed by atoms with Crippen LogP contribution in [0.2, 0.25) is 0 Å². The minimum absolute atomic E-state index is 0.0644. The van der Waals surface area contributed by atoms with Crippen molar-refractivity contribution in [2.24, 2.45) is 0 Å². The molecular formula is C19H18FN3O2S. The van der Waals surface area contributed by atoms with Gasteiger partial charge in [-0.2, -0.15) is 0 Å². The second kappa shape index (κ2) is 6.49. The van der Waals surface area contributed by atoms with E-state index in [4.69, 9.17) is 12.2 Å². The van der Waals surface area contributed by atoms with E-state index in [0.29, 0.717) is 11.4 Å². The normalized spacial score (nSPS) is 16.2. The number of carbonyl (C=O) groups is 2. The van der Waals surface area contributed by atoms with E-state index < -0.39 is 17.3 Å². The van der Waals surface area contributed by atoms with Gasteiger partial charge in [-0.3, -0.25) is 14.5 Å². The third kappa shape index (κ3) is 2.74. The molecule has 0 saturated carbocycles. The van der Waals surface area contributed by atoms with Crippen molar-refractivity contribution in [2.75, 3.05) is 16.8 Å². The molecule has 0 radical (unpaired) electrons. The van der Waals surface area contributed by atoms with E-state index in [0.717, 1.165) is 0 Å². The minimum atomic E-state index is -0.992. The summed E-state index contributed by atoms with van der Waals surface area (Å²) in [5.74, 6) is -1.39. The van der Waals surface area contributed by atoms with Crippen molar-refractivity contribution < 1.29 is 14.0 Å². The van der Waals surface area contributed by atoms with Gasteiger partial charge in [-0.25, -0.2) is 4.39 Å². The molecule has 0 aliphatic carbocycles. The molecule has 2 aromatic carbocycles. The Morgan fingerprint density at radius 2 is 1.77 bits per heavy atom. The summed E-state index contributed by atoms with van der Waals surface area (Å²) in [7, 11) is 1.44. The summed E-state index contributed by atoms with van der Waals surface area (Å²) in [5.41, 5.74) is 0.0105. The topological polar surface area (TPSA) is 52.7 Å². The number of nitrogens with one attached hydrogen (secondary N) is 1. The fourth-order valence-electron chi connectivity index (χ4n) is 3.00. The summed E-state index contributed by atoms with van der Waals surface area (Å²) in [5, 5.41) is 2.65. The van der Waals surface area contributed by atoms with Crippen LogP contribution in [-0.4, -0.2) is 29.5 Å². The Morgan fingerprint density at radius 3 is 2.35 bits per heavy atom. The molecule has 0 unspecified atom stereocenters. The van der Waals surface area contributed by atoms with Crippen molar-refractivity contribution in [1.29, 1.82) is 0 Å². The van der Waals surface area contributed by atoms with E-state index in [-0.39, 0.29) is 16.6 Å². The van der Waals surface area contributed by atoms with Crippen LogP contribution in [0.3, 0.4) is 0 Å². The van der Waals surface area contributed by atoms with Crippen LogP contribution in [0.5, 0.6) is 0 Å². The summed E-state index contributed by atoms with van der Waals surface area (Å²) >= 11 is 5.53. The lowest BCUT2D eigenvalue weighted by atomic mass is 10.0. The molecule has 1 fully saturated rings. The first-order chi connectivity index (χ1) is 12.3. The van der Waals surface area contributed by atoms with Crippen molar-refractivity contribution in [3.8, 4) is 0 Å². The van der Waals surface area contributed by atoms with Crippen LogP contribution in [0.25, 0.3) is 0 Å². The van der Waals surface area contributed by atoms with Crippen molar-refractivity contribution >= 4 is 40.5 Å². The SMILES string of the molecule is CNC(=O)c1ccc(N2C(=S)N(c3ccccc3)C(=O)C2(C)C)cc1F. The molecule has 7 heteroatoms. The number of amides is 2. The lowest BCUT2D eigenvalue weighted by Gasteiger charge is -2.29. The summed E-state index contributed by atoms with van der Waals surface area (Å²) < 4.78 is 14.4. The molecule has 5 nitrogen and oxygen atoms in total. The van der Waals surface area contributed by atoms with Crippen LogP contribution in [-0.2, 0) is 4.79 Å². The molecule has 26 heavy (non-hydrogen) atoms. The number of thiocarbonyl (C=S) groups is 1. The number of nitrogens with zero attached hydrogens (tertiary/aromatic N) is 2. The Morgan fingerprint density at radius 1 is 1.12 bits per heavy atom. The summed E-state index contributed by atoms with van der Waals surface area (Å²) in [6.45, 7) is 3.46. The predicted octanol–water partition coefficient (Wildman–Crippen LogP) is 3.10. The van der Waals surface area contributed by atoms with Gasteiger partial charge in [0.1, 0.15) is 11.4 Å². The highest BCUT2D eigenvalue weighted by Gasteiger charge is 2.50. The molecule has 1 saturated heterocycles. The number of halogens is 1. The Bertz CT molecular complexity index is 899. The van der Waals surface area contributed by atoms with Crippen molar-refractivity contribution in [3.05, 3.63) is 59.9 Å². The molecule has 1 N–H and O–H groups in total. The third-order valence-corrected chi connectivity index (χ3v) is 4.73. The van der Waals surface area contributed by atoms with Gasteiger partial charge in [0.2, 0.25) is 0 Å². The predicted molar refractivity (Wildman–Crippen MR) is 103 cm³/mol. The van der Waals surface area contributed by atoms with Gasteiger partial charge in [-0.1, -0.05) is 18.2 Å². The average molecular weight is 371 g/mol. The second-order valence-corrected chi connectivity index (χ2v) is 6.76. The van der Waals surface area contributed by atoms with Gasteiger partial charge >= 0.3 is 0 Å². The fraction of sp³-hybridized carbons (Fsp3) is 0.211. The highest BCUT2D eigenvalue weighted by Crippen LogP contribution is 2.36. The van der Waals surface area contributed by atoms with Crippen molar-refractivity contribution in [2.45, 2.75) is 19.4 Å². The molecule has 1 aliphatic rings. The molecule has 134 valence electrons. The number of hydrogen-bond donors (Lipinski definition) is 1. The van der Waals surface area contributed by atoms with Gasteiger partial charge in [0.15, 0.2) is 5.11 Å². The summed E-state index contributed by atoms with van der Waals surface area (Å²) in [6, 6.07) is 13.3. The summed E-state index contributed by atoms with van der Waals surface area (Å²) in [4.78, 5) is 27.7. The van der Waals surface area contributed by atoms with E-state index >= 15 is 0 Å². The van der Waals surface area contributed by atoms with Crippen LogP contribution in [0, 0.1) is 5.82 Å². The van der Waals surface area contributed by atoms with E-state index in [1.54, 1.807) is 36.9 Å². The first kappa shape index (κ1) is 18.0. The Balaban J connectivity index is 2.05. The average Bonchev–Trinajstić information content (AvgIpc) is 2.79. The molecule has 0 aromatic heterocycles. The van der Waals surface area contributed by atoms with E-state index in [9.17, 15) is 14.0 Å². The summed E-state index contributed by atoms with van der Waals surface area (Å²) in [6.07, 6.45) is 0. The smallest absolute Gasteiger partial charge is 0.259 e. The molecule has 1 heterocycles. The van der Waals surface area contributed by atoms with Crippen LogP contribution >= 0.6 is 12.2 Å². The van der Waals surface area contributed by atoms with Gasteiger partial charge in [-0.15, -0.1) is 0 Å². The first-order valence-corrected chi connectivity index (χ1v) is 8.45. The number of rotatable bonds is 3. The maximum atomic E-state index is 14.4. The maximum Gasteiger partial charge on any atom is 0.259 e. The zero-order valence-corrected chi connectivity index (χ0v) is 15.4. The first-order valence-electron chi connectivity index (χ1n) is 8.04. The highest BCUT2D eigenvalue weighted by atomic mass is 32.1. The maximum absolute atomic E-state index is 14.4. The number of anilines is 2. The van der Waals surface area contributed by atoms with Gasteiger partial charge in [0.05, 0.1) is 11.3 Å². The largest absolute Gasteiger partial charge is 0.355 e. The zero-order chi connectivity index (χ0) is 19.1. The van der Waals surface area contributed by atoms with Crippen LogP contribution in [0.4, 0.5) is 15.8 Å². The van der Waals surface area contributed by atoms with E-state index in [1.807, 2.05) is 18.2 Å². The molecule has 2 aromatic rings. The molecule has 3 rings (SSSR count). The standard InChI is InChI=1S/C19H18FN3O2S/c1-19(2)17(25)22(12-7-5-4-6-8-12)18(26)23(19)13-9-10-14(15(20)11-13)16(24)21-3/h4-11H,1-3H3,(H,21,24). The third-order valence-electron chi connectivity index (χ3n) is 4.37. The lowest BCUT2D eigenvalue weighted by Crippen LogP contribution is -2.44. The Kier molecular flexibility index (Phi) is 4.50. The Labute approximate surface area is 156 Å². The number of benzene rings is 2. The molecule has 2 amide bonds. The van der Waals surface area contributed by atoms with Gasteiger partial charge in [-0.05, 0) is 56.4 Å². The number of carbonyl (C=O) groups excluding carboxylic acids is 2. The van der Waals surface area contributed by atoms with E-state index in [2.05, 4.69) is 5.32 Å². The van der Waals surface area contributed by atoms with Crippen molar-refractivity contribution in [1.82, 2.24) is 5.32 Å².